The largest absolute Gasteiger partial charge is 0.395 e. The molecular formula is C12H15FN2O. The molecule has 0 saturated carbocycles. The molecule has 0 spiro atoms. The molecule has 4 heteroatoms. The molecule has 0 bridgehead atoms. The normalized spacial score (nSPS) is 12.4. The van der Waals surface area contributed by atoms with Gasteiger partial charge in [-0.25, -0.2) is 4.39 Å². The molecule has 0 heterocycles. The number of rotatable bonds is 5. The molecule has 3 nitrogen and oxygen atoms in total. The highest BCUT2D eigenvalue weighted by atomic mass is 19.1. The Morgan fingerprint density at radius 1 is 1.44 bits per heavy atom. The zero-order chi connectivity index (χ0) is 12.0. The SMILES string of the molecule is CCN(CCO)C(C#N)c1ccc(F)cc1. The van der Waals surface area contributed by atoms with Crippen LogP contribution in [0.2, 0.25) is 0 Å². The zero-order valence-electron chi connectivity index (χ0n) is 9.23. The van der Waals surface area contributed by atoms with Crippen LogP contribution in [-0.2, 0) is 0 Å². The van der Waals surface area contributed by atoms with E-state index in [1.807, 2.05) is 11.8 Å². The van der Waals surface area contributed by atoms with E-state index in [-0.39, 0.29) is 12.4 Å². The highest BCUT2D eigenvalue weighted by Crippen LogP contribution is 2.19. The van der Waals surface area contributed by atoms with Gasteiger partial charge in [-0.2, -0.15) is 5.26 Å². The standard InChI is InChI=1S/C12H15FN2O/c1-2-15(7-8-16)12(9-14)10-3-5-11(13)6-4-10/h3-6,12,16H,2,7-8H2,1H3. The van der Waals surface area contributed by atoms with E-state index < -0.39 is 6.04 Å². The fourth-order valence-electron chi connectivity index (χ4n) is 1.61. The third kappa shape index (κ3) is 3.02. The van der Waals surface area contributed by atoms with Crippen LogP contribution in [0.4, 0.5) is 4.39 Å². The molecule has 0 amide bonds. The second kappa shape index (κ2) is 6.21. The zero-order valence-corrected chi connectivity index (χ0v) is 9.23. The molecular weight excluding hydrogens is 207 g/mol. The Morgan fingerprint density at radius 2 is 2.06 bits per heavy atom. The van der Waals surface area contributed by atoms with Gasteiger partial charge in [-0.3, -0.25) is 4.90 Å². The van der Waals surface area contributed by atoms with E-state index in [2.05, 4.69) is 6.07 Å². The lowest BCUT2D eigenvalue weighted by atomic mass is 10.1. The van der Waals surface area contributed by atoms with Crippen molar-refractivity contribution in [2.24, 2.45) is 0 Å². The number of benzene rings is 1. The number of halogens is 1. The second-order valence-electron chi connectivity index (χ2n) is 3.44. The van der Waals surface area contributed by atoms with Gasteiger partial charge >= 0.3 is 0 Å². The molecule has 16 heavy (non-hydrogen) atoms. The van der Waals surface area contributed by atoms with Gasteiger partial charge in [0.05, 0.1) is 12.7 Å². The van der Waals surface area contributed by atoms with E-state index in [0.29, 0.717) is 13.1 Å². The predicted octanol–water partition coefficient (Wildman–Crippen LogP) is 1.70. The van der Waals surface area contributed by atoms with Gasteiger partial charge < -0.3 is 5.11 Å². The lowest BCUT2D eigenvalue weighted by Crippen LogP contribution is -2.30. The number of likely N-dealkylation sites (N-methyl/N-ethyl adjacent to an activating group) is 1. The summed E-state index contributed by atoms with van der Waals surface area (Å²) in [5.41, 5.74) is 0.749. The minimum atomic E-state index is -0.433. The lowest BCUT2D eigenvalue weighted by Gasteiger charge is -2.24. The van der Waals surface area contributed by atoms with Gasteiger partial charge in [0.25, 0.3) is 0 Å². The molecule has 1 aromatic carbocycles. The summed E-state index contributed by atoms with van der Waals surface area (Å²) in [6.45, 7) is 3.03. The molecule has 0 radical (unpaired) electrons. The van der Waals surface area contributed by atoms with Gasteiger partial charge in [-0.05, 0) is 24.2 Å². The number of hydrogen-bond acceptors (Lipinski definition) is 3. The van der Waals surface area contributed by atoms with Crippen molar-refractivity contribution >= 4 is 0 Å². The van der Waals surface area contributed by atoms with Crippen LogP contribution in [0.1, 0.15) is 18.5 Å². The quantitative estimate of drug-likeness (QED) is 0.825. The molecule has 1 unspecified atom stereocenters. The van der Waals surface area contributed by atoms with Crippen LogP contribution in [0.3, 0.4) is 0 Å². The van der Waals surface area contributed by atoms with Gasteiger partial charge in [-0.1, -0.05) is 19.1 Å². The predicted molar refractivity (Wildman–Crippen MR) is 59.1 cm³/mol. The molecule has 1 rings (SSSR count). The molecule has 0 aliphatic rings. The van der Waals surface area contributed by atoms with E-state index in [1.54, 1.807) is 12.1 Å². The van der Waals surface area contributed by atoms with Crippen LogP contribution >= 0.6 is 0 Å². The molecule has 0 aliphatic heterocycles. The van der Waals surface area contributed by atoms with Crippen molar-refractivity contribution in [3.8, 4) is 6.07 Å². The van der Waals surface area contributed by atoms with Crippen molar-refractivity contribution in [3.05, 3.63) is 35.6 Å². The molecule has 0 aromatic heterocycles. The molecule has 86 valence electrons. The van der Waals surface area contributed by atoms with Gasteiger partial charge in [0.15, 0.2) is 0 Å². The van der Waals surface area contributed by atoms with Crippen molar-refractivity contribution in [2.45, 2.75) is 13.0 Å². The highest BCUT2D eigenvalue weighted by molar-refractivity contribution is 5.24. The summed E-state index contributed by atoms with van der Waals surface area (Å²) in [5, 5.41) is 18.0. The van der Waals surface area contributed by atoms with Crippen LogP contribution in [0, 0.1) is 17.1 Å². The van der Waals surface area contributed by atoms with Crippen LogP contribution in [0.5, 0.6) is 0 Å². The van der Waals surface area contributed by atoms with Crippen molar-refractivity contribution in [1.29, 1.82) is 5.26 Å². The monoisotopic (exact) mass is 222 g/mol. The van der Waals surface area contributed by atoms with Crippen molar-refractivity contribution < 1.29 is 9.50 Å². The van der Waals surface area contributed by atoms with E-state index in [0.717, 1.165) is 5.56 Å². The van der Waals surface area contributed by atoms with Crippen molar-refractivity contribution in [3.63, 3.8) is 0 Å². The Balaban J connectivity index is 2.89. The van der Waals surface area contributed by atoms with Gasteiger partial charge in [-0.15, -0.1) is 0 Å². The number of aliphatic hydroxyl groups is 1. The van der Waals surface area contributed by atoms with Gasteiger partial charge in [0.2, 0.25) is 0 Å². The van der Waals surface area contributed by atoms with Crippen LogP contribution in [0.25, 0.3) is 0 Å². The Bertz CT molecular complexity index is 358. The van der Waals surface area contributed by atoms with Crippen molar-refractivity contribution in [2.75, 3.05) is 19.7 Å². The van der Waals surface area contributed by atoms with Crippen molar-refractivity contribution in [1.82, 2.24) is 4.90 Å². The molecule has 1 atom stereocenters. The first-order chi connectivity index (χ1) is 7.72. The summed E-state index contributed by atoms with van der Waals surface area (Å²) in [6.07, 6.45) is 0. The van der Waals surface area contributed by atoms with Gasteiger partial charge in [0, 0.05) is 6.54 Å². The number of aliphatic hydroxyl groups excluding tert-OH is 1. The van der Waals surface area contributed by atoms with Crippen LogP contribution < -0.4 is 0 Å². The topological polar surface area (TPSA) is 47.3 Å². The Hall–Kier alpha value is -1.44. The third-order valence-electron chi connectivity index (χ3n) is 2.47. The number of hydrogen-bond donors (Lipinski definition) is 1. The summed E-state index contributed by atoms with van der Waals surface area (Å²) in [5.74, 6) is -0.314. The second-order valence-corrected chi connectivity index (χ2v) is 3.44. The number of nitriles is 1. The minimum absolute atomic E-state index is 0.00716. The van der Waals surface area contributed by atoms with Crippen LogP contribution in [-0.4, -0.2) is 29.7 Å². The summed E-state index contributed by atoms with van der Waals surface area (Å²) in [6, 6.07) is 7.61. The van der Waals surface area contributed by atoms with Crippen LogP contribution in [0.15, 0.2) is 24.3 Å². The Kier molecular flexibility index (Phi) is 4.90. The molecule has 0 aliphatic carbocycles. The van der Waals surface area contributed by atoms with E-state index in [9.17, 15) is 4.39 Å². The first kappa shape index (κ1) is 12.6. The average molecular weight is 222 g/mol. The maximum atomic E-state index is 12.7. The average Bonchev–Trinajstić information content (AvgIpc) is 2.31. The molecule has 0 fully saturated rings. The van der Waals surface area contributed by atoms with E-state index >= 15 is 0 Å². The summed E-state index contributed by atoms with van der Waals surface area (Å²) < 4.78 is 12.7. The molecule has 1 aromatic rings. The first-order valence-electron chi connectivity index (χ1n) is 5.23. The smallest absolute Gasteiger partial charge is 0.123 e. The Labute approximate surface area is 94.7 Å². The number of nitrogens with zero attached hydrogens (tertiary/aromatic N) is 2. The molecule has 0 saturated heterocycles. The van der Waals surface area contributed by atoms with E-state index in [1.165, 1.54) is 12.1 Å². The lowest BCUT2D eigenvalue weighted by molar-refractivity contribution is 0.180. The minimum Gasteiger partial charge on any atom is -0.395 e. The maximum Gasteiger partial charge on any atom is 0.123 e. The fourth-order valence-corrected chi connectivity index (χ4v) is 1.61. The third-order valence-corrected chi connectivity index (χ3v) is 2.47. The highest BCUT2D eigenvalue weighted by Gasteiger charge is 2.17. The fraction of sp³-hybridized carbons (Fsp3) is 0.417. The summed E-state index contributed by atoms with van der Waals surface area (Å²) >= 11 is 0. The van der Waals surface area contributed by atoms with Gasteiger partial charge in [0.1, 0.15) is 11.9 Å². The molecule has 1 N–H and O–H groups in total. The summed E-state index contributed by atoms with van der Waals surface area (Å²) in [7, 11) is 0. The summed E-state index contributed by atoms with van der Waals surface area (Å²) in [4.78, 5) is 1.84. The maximum absolute atomic E-state index is 12.7. The van der Waals surface area contributed by atoms with E-state index in [4.69, 9.17) is 10.4 Å². The first-order valence-corrected chi connectivity index (χ1v) is 5.23. The Morgan fingerprint density at radius 3 is 2.50 bits per heavy atom.